The van der Waals surface area contributed by atoms with Crippen molar-refractivity contribution in [3.05, 3.63) is 12.2 Å². The molecule has 3 nitrogen and oxygen atoms in total. The molecular formula is C24H45NO2. The average Bonchev–Trinajstić information content (AvgIpc) is 3.19. The van der Waals surface area contributed by atoms with Gasteiger partial charge in [0, 0.05) is 6.42 Å². The van der Waals surface area contributed by atoms with Gasteiger partial charge in [-0.25, -0.2) is 0 Å². The summed E-state index contributed by atoms with van der Waals surface area (Å²) >= 11 is 0. The van der Waals surface area contributed by atoms with Gasteiger partial charge in [0.1, 0.15) is 6.61 Å². The lowest BCUT2D eigenvalue weighted by atomic mass is 9.88. The van der Waals surface area contributed by atoms with Gasteiger partial charge in [-0.1, -0.05) is 70.9 Å². The fraction of sp³-hybridized carbons (Fsp3) is 0.875. The molecule has 0 aliphatic carbocycles. The number of allylic oxidation sites excluding steroid dienone is 2. The number of unbranched alkanes of at least 4 members (excludes halogenated alkanes) is 9. The van der Waals surface area contributed by atoms with Crippen LogP contribution in [0, 0.1) is 0 Å². The molecule has 0 fully saturated rings. The van der Waals surface area contributed by atoms with Crippen LogP contribution in [0.25, 0.3) is 0 Å². The maximum Gasteiger partial charge on any atom is 0.183 e. The van der Waals surface area contributed by atoms with E-state index in [0.29, 0.717) is 0 Å². The number of rotatable bonds is 18. The van der Waals surface area contributed by atoms with Gasteiger partial charge in [0.2, 0.25) is 0 Å². The largest absolute Gasteiger partial charge is 0.479 e. The standard InChI is InChI=1S/C24H45NO2/c1-3-5-6-7-8-9-10-11-12-13-16-19-24(26,4-2)20-17-14-15-18-23-25-21-22-27-23/h11-12,26H,3-10,13-22H2,1-2H3. The van der Waals surface area contributed by atoms with Crippen LogP contribution in [0.5, 0.6) is 0 Å². The molecule has 1 N–H and O–H groups in total. The molecular weight excluding hydrogens is 334 g/mol. The van der Waals surface area contributed by atoms with Crippen molar-refractivity contribution in [1.29, 1.82) is 0 Å². The van der Waals surface area contributed by atoms with Crippen molar-refractivity contribution in [3.8, 4) is 0 Å². The van der Waals surface area contributed by atoms with Crippen LogP contribution in [-0.2, 0) is 4.74 Å². The topological polar surface area (TPSA) is 41.8 Å². The molecule has 0 saturated carbocycles. The molecule has 1 unspecified atom stereocenters. The van der Waals surface area contributed by atoms with Crippen LogP contribution >= 0.6 is 0 Å². The van der Waals surface area contributed by atoms with E-state index < -0.39 is 5.60 Å². The maximum atomic E-state index is 10.8. The zero-order valence-electron chi connectivity index (χ0n) is 18.2. The first-order valence-electron chi connectivity index (χ1n) is 11.7. The van der Waals surface area contributed by atoms with E-state index in [1.807, 2.05) is 0 Å². The molecule has 0 aromatic rings. The van der Waals surface area contributed by atoms with E-state index in [-0.39, 0.29) is 0 Å². The van der Waals surface area contributed by atoms with Crippen LogP contribution in [0.15, 0.2) is 17.1 Å². The monoisotopic (exact) mass is 379 g/mol. The normalized spacial score (nSPS) is 16.5. The molecule has 1 aliphatic heterocycles. The first-order valence-corrected chi connectivity index (χ1v) is 11.7. The Hall–Kier alpha value is -0.830. The fourth-order valence-corrected chi connectivity index (χ4v) is 3.74. The van der Waals surface area contributed by atoms with Crippen molar-refractivity contribution in [3.63, 3.8) is 0 Å². The van der Waals surface area contributed by atoms with Gasteiger partial charge in [0.25, 0.3) is 0 Å². The van der Waals surface area contributed by atoms with Gasteiger partial charge in [-0.05, 0) is 51.4 Å². The highest BCUT2D eigenvalue weighted by Crippen LogP contribution is 2.25. The Kier molecular flexibility index (Phi) is 14.5. The molecule has 3 heteroatoms. The predicted octanol–water partition coefficient (Wildman–Crippen LogP) is 6.98. The summed E-state index contributed by atoms with van der Waals surface area (Å²) in [6.45, 7) is 5.98. The first kappa shape index (κ1) is 24.2. The highest BCUT2D eigenvalue weighted by molar-refractivity contribution is 5.77. The summed E-state index contributed by atoms with van der Waals surface area (Å²) in [5.74, 6) is 0.938. The molecule has 1 atom stereocenters. The van der Waals surface area contributed by atoms with Crippen molar-refractivity contribution in [1.82, 2.24) is 0 Å². The van der Waals surface area contributed by atoms with E-state index in [2.05, 4.69) is 31.0 Å². The van der Waals surface area contributed by atoms with Crippen LogP contribution in [0.3, 0.4) is 0 Å². The third-order valence-corrected chi connectivity index (χ3v) is 5.74. The summed E-state index contributed by atoms with van der Waals surface area (Å²) in [7, 11) is 0. The van der Waals surface area contributed by atoms with Crippen molar-refractivity contribution in [2.24, 2.45) is 4.99 Å². The van der Waals surface area contributed by atoms with Gasteiger partial charge in [-0.2, -0.15) is 0 Å². The molecule has 0 aromatic carbocycles. The van der Waals surface area contributed by atoms with E-state index in [1.54, 1.807) is 0 Å². The van der Waals surface area contributed by atoms with Crippen LogP contribution in [0.2, 0.25) is 0 Å². The van der Waals surface area contributed by atoms with Gasteiger partial charge in [0.15, 0.2) is 5.90 Å². The second-order valence-corrected chi connectivity index (χ2v) is 8.18. The summed E-state index contributed by atoms with van der Waals surface area (Å²) in [6, 6.07) is 0. The maximum absolute atomic E-state index is 10.8. The summed E-state index contributed by atoms with van der Waals surface area (Å²) < 4.78 is 5.44. The number of ether oxygens (including phenoxy) is 1. The molecule has 0 bridgehead atoms. The van der Waals surface area contributed by atoms with Gasteiger partial charge in [0.05, 0.1) is 12.1 Å². The Balaban J connectivity index is 1.98. The van der Waals surface area contributed by atoms with E-state index in [0.717, 1.165) is 76.8 Å². The second-order valence-electron chi connectivity index (χ2n) is 8.18. The lowest BCUT2D eigenvalue weighted by molar-refractivity contribution is 0.0149. The minimum Gasteiger partial charge on any atom is -0.479 e. The van der Waals surface area contributed by atoms with E-state index in [4.69, 9.17) is 4.74 Å². The number of aliphatic imine (C=N–C) groups is 1. The number of hydrogen-bond acceptors (Lipinski definition) is 3. The van der Waals surface area contributed by atoms with Crippen molar-refractivity contribution in [2.45, 2.75) is 122 Å². The van der Waals surface area contributed by atoms with Crippen LogP contribution in [0.1, 0.15) is 117 Å². The van der Waals surface area contributed by atoms with Gasteiger partial charge in [-0.3, -0.25) is 4.99 Å². The molecule has 0 saturated heterocycles. The van der Waals surface area contributed by atoms with E-state index in [9.17, 15) is 5.11 Å². The Morgan fingerprint density at radius 3 is 2.26 bits per heavy atom. The SMILES string of the molecule is CCCCCCCCC=CCCCC(O)(CC)CCCCCC1=NCCO1. The van der Waals surface area contributed by atoms with E-state index >= 15 is 0 Å². The van der Waals surface area contributed by atoms with Gasteiger partial charge >= 0.3 is 0 Å². The molecule has 0 amide bonds. The zero-order chi connectivity index (χ0) is 19.6. The second kappa shape index (κ2) is 16.2. The Labute approximate surface area is 168 Å². The molecule has 0 radical (unpaired) electrons. The third-order valence-electron chi connectivity index (χ3n) is 5.74. The lowest BCUT2D eigenvalue weighted by Crippen LogP contribution is -2.27. The summed E-state index contributed by atoms with van der Waals surface area (Å²) in [6.07, 6.45) is 23.4. The zero-order valence-corrected chi connectivity index (χ0v) is 18.2. The number of hydrogen-bond donors (Lipinski definition) is 1. The first-order chi connectivity index (χ1) is 13.2. The Morgan fingerprint density at radius 1 is 0.889 bits per heavy atom. The Bertz CT molecular complexity index is 405. The van der Waals surface area contributed by atoms with Crippen LogP contribution in [0.4, 0.5) is 0 Å². The molecule has 0 aromatic heterocycles. The average molecular weight is 380 g/mol. The highest BCUT2D eigenvalue weighted by Gasteiger charge is 2.23. The predicted molar refractivity (Wildman–Crippen MR) is 118 cm³/mol. The van der Waals surface area contributed by atoms with Crippen molar-refractivity contribution < 1.29 is 9.84 Å². The minimum absolute atomic E-state index is 0.464. The molecule has 0 spiro atoms. The number of aliphatic hydroxyl groups is 1. The summed E-state index contributed by atoms with van der Waals surface area (Å²) in [5.41, 5.74) is -0.464. The van der Waals surface area contributed by atoms with Crippen molar-refractivity contribution in [2.75, 3.05) is 13.2 Å². The smallest absolute Gasteiger partial charge is 0.183 e. The van der Waals surface area contributed by atoms with Gasteiger partial charge in [-0.15, -0.1) is 0 Å². The third kappa shape index (κ3) is 13.1. The molecule has 1 aliphatic rings. The molecule has 27 heavy (non-hydrogen) atoms. The fourth-order valence-electron chi connectivity index (χ4n) is 3.74. The number of nitrogens with zero attached hydrogens (tertiary/aromatic N) is 1. The van der Waals surface area contributed by atoms with Crippen LogP contribution in [-0.4, -0.2) is 29.8 Å². The molecule has 1 heterocycles. The quantitative estimate of drug-likeness (QED) is 0.206. The summed E-state index contributed by atoms with van der Waals surface area (Å²) in [5, 5.41) is 10.8. The minimum atomic E-state index is -0.464. The lowest BCUT2D eigenvalue weighted by Gasteiger charge is -2.26. The Morgan fingerprint density at radius 2 is 1.56 bits per heavy atom. The molecule has 1 rings (SSSR count). The van der Waals surface area contributed by atoms with Crippen LogP contribution < -0.4 is 0 Å². The summed E-state index contributed by atoms with van der Waals surface area (Å²) in [4.78, 5) is 4.33. The van der Waals surface area contributed by atoms with Crippen molar-refractivity contribution >= 4 is 5.90 Å². The molecule has 158 valence electrons. The highest BCUT2D eigenvalue weighted by atomic mass is 16.5. The van der Waals surface area contributed by atoms with Gasteiger partial charge < -0.3 is 9.84 Å². The van der Waals surface area contributed by atoms with E-state index in [1.165, 1.54) is 44.9 Å².